The van der Waals surface area contributed by atoms with Gasteiger partial charge in [0.25, 0.3) is 0 Å². The number of nitrogens with zero attached hydrogens (tertiary/aromatic N) is 1. The van der Waals surface area contributed by atoms with E-state index in [4.69, 9.17) is 4.74 Å². The lowest BCUT2D eigenvalue weighted by Crippen LogP contribution is -2.39. The van der Waals surface area contributed by atoms with E-state index < -0.39 is 0 Å². The monoisotopic (exact) mass is 287 g/mol. The summed E-state index contributed by atoms with van der Waals surface area (Å²) in [6, 6.07) is 10.6. The number of carbonyl (C=O) groups is 1. The molecular formula is C18H25NO2. The quantitative estimate of drug-likeness (QED) is 0.779. The average Bonchev–Trinajstić information content (AvgIpc) is 3.31. The highest BCUT2D eigenvalue weighted by molar-refractivity contribution is 5.80. The van der Waals surface area contributed by atoms with Gasteiger partial charge in [-0.05, 0) is 57.2 Å². The van der Waals surface area contributed by atoms with Crippen LogP contribution in [0.4, 0.5) is 0 Å². The average molecular weight is 287 g/mol. The van der Waals surface area contributed by atoms with Gasteiger partial charge in [0.2, 0.25) is 0 Å². The van der Waals surface area contributed by atoms with Crippen LogP contribution in [0.5, 0.6) is 0 Å². The number of piperidine rings is 1. The van der Waals surface area contributed by atoms with Crippen LogP contribution in [0.2, 0.25) is 0 Å². The summed E-state index contributed by atoms with van der Waals surface area (Å²) in [6.07, 6.45) is 4.33. The van der Waals surface area contributed by atoms with Crippen molar-refractivity contribution < 1.29 is 9.53 Å². The zero-order valence-electron chi connectivity index (χ0n) is 12.9. The predicted octanol–water partition coefficient (Wildman–Crippen LogP) is 3.24. The third-order valence-electron chi connectivity index (χ3n) is 5.09. The molecule has 1 aromatic rings. The Morgan fingerprint density at radius 3 is 2.48 bits per heavy atom. The van der Waals surface area contributed by atoms with Crippen molar-refractivity contribution in [2.75, 3.05) is 19.7 Å². The lowest BCUT2D eigenvalue weighted by molar-refractivity contribution is -0.153. The van der Waals surface area contributed by atoms with E-state index in [2.05, 4.69) is 35.2 Å². The Labute approximate surface area is 127 Å². The van der Waals surface area contributed by atoms with Crippen molar-refractivity contribution >= 4 is 5.97 Å². The van der Waals surface area contributed by atoms with E-state index in [1.807, 2.05) is 6.92 Å². The molecule has 1 aliphatic heterocycles. The number of esters is 1. The topological polar surface area (TPSA) is 29.5 Å². The highest BCUT2D eigenvalue weighted by atomic mass is 16.5. The van der Waals surface area contributed by atoms with Crippen molar-refractivity contribution in [3.8, 4) is 0 Å². The van der Waals surface area contributed by atoms with E-state index in [-0.39, 0.29) is 11.4 Å². The van der Waals surface area contributed by atoms with Gasteiger partial charge in [0, 0.05) is 6.54 Å². The number of hydrogen-bond donors (Lipinski definition) is 0. The predicted molar refractivity (Wildman–Crippen MR) is 82.7 cm³/mol. The second kappa shape index (κ2) is 6.18. The van der Waals surface area contributed by atoms with Crippen LogP contribution in [0.15, 0.2) is 30.3 Å². The van der Waals surface area contributed by atoms with Crippen LogP contribution in [0.25, 0.3) is 0 Å². The normalized spacial score (nSPS) is 22.0. The lowest BCUT2D eigenvalue weighted by atomic mass is 9.81. The number of carbonyl (C=O) groups excluding carboxylic acids is 1. The molecule has 0 radical (unpaired) electrons. The maximum atomic E-state index is 12.2. The van der Waals surface area contributed by atoms with Gasteiger partial charge in [0.05, 0.1) is 12.0 Å². The summed E-state index contributed by atoms with van der Waals surface area (Å²) in [5, 5.41) is 0. The summed E-state index contributed by atoms with van der Waals surface area (Å²) in [4.78, 5) is 14.7. The summed E-state index contributed by atoms with van der Waals surface area (Å²) < 4.78 is 5.29. The van der Waals surface area contributed by atoms with Crippen LogP contribution in [0.3, 0.4) is 0 Å². The first-order chi connectivity index (χ1) is 10.2. The molecule has 21 heavy (non-hydrogen) atoms. The van der Waals surface area contributed by atoms with E-state index in [1.54, 1.807) is 0 Å². The third kappa shape index (κ3) is 3.13. The van der Waals surface area contributed by atoms with E-state index in [1.165, 1.54) is 5.56 Å². The molecular weight excluding hydrogens is 262 g/mol. The van der Waals surface area contributed by atoms with Gasteiger partial charge in [-0.15, -0.1) is 0 Å². The molecule has 3 heteroatoms. The van der Waals surface area contributed by atoms with Crippen LogP contribution in [-0.4, -0.2) is 30.6 Å². The Morgan fingerprint density at radius 1 is 1.24 bits per heavy atom. The lowest BCUT2D eigenvalue weighted by Gasteiger charge is -2.35. The Hall–Kier alpha value is -1.35. The molecule has 0 atom stereocenters. The Kier molecular flexibility index (Phi) is 4.29. The third-order valence-corrected chi connectivity index (χ3v) is 5.09. The maximum Gasteiger partial charge on any atom is 0.312 e. The van der Waals surface area contributed by atoms with Crippen molar-refractivity contribution in [2.24, 2.45) is 11.3 Å². The van der Waals surface area contributed by atoms with Crippen molar-refractivity contribution in [3.05, 3.63) is 35.9 Å². The molecule has 1 saturated heterocycles. The van der Waals surface area contributed by atoms with Gasteiger partial charge in [-0.25, -0.2) is 0 Å². The number of likely N-dealkylation sites (tertiary alicyclic amines) is 1. The van der Waals surface area contributed by atoms with E-state index >= 15 is 0 Å². The van der Waals surface area contributed by atoms with Gasteiger partial charge in [0.1, 0.15) is 0 Å². The van der Waals surface area contributed by atoms with Gasteiger partial charge in [-0.3, -0.25) is 9.69 Å². The fraction of sp³-hybridized carbons (Fsp3) is 0.611. The summed E-state index contributed by atoms with van der Waals surface area (Å²) in [5.74, 6) is 0.593. The number of benzene rings is 1. The Bertz CT molecular complexity index is 473. The molecule has 1 heterocycles. The second-order valence-corrected chi connectivity index (χ2v) is 6.41. The minimum Gasteiger partial charge on any atom is -0.466 e. The van der Waals surface area contributed by atoms with Crippen molar-refractivity contribution in [1.82, 2.24) is 4.90 Å². The molecule has 0 amide bonds. The first kappa shape index (κ1) is 14.6. The maximum absolute atomic E-state index is 12.2. The van der Waals surface area contributed by atoms with Gasteiger partial charge in [-0.2, -0.15) is 0 Å². The zero-order chi connectivity index (χ0) is 14.7. The molecule has 0 aromatic heterocycles. The molecule has 1 aromatic carbocycles. The summed E-state index contributed by atoms with van der Waals surface area (Å²) in [5.41, 5.74) is 1.26. The van der Waals surface area contributed by atoms with Gasteiger partial charge >= 0.3 is 5.97 Å². The highest BCUT2D eigenvalue weighted by Gasteiger charge is 2.56. The number of rotatable bonds is 5. The minimum atomic E-state index is -0.116. The fourth-order valence-electron chi connectivity index (χ4n) is 3.67. The van der Waals surface area contributed by atoms with Crippen LogP contribution >= 0.6 is 0 Å². The summed E-state index contributed by atoms with van der Waals surface area (Å²) >= 11 is 0. The van der Waals surface area contributed by atoms with Crippen molar-refractivity contribution in [1.29, 1.82) is 0 Å². The van der Waals surface area contributed by atoms with Crippen LogP contribution in [0.1, 0.15) is 38.2 Å². The molecule has 0 N–H and O–H groups in total. The highest BCUT2D eigenvalue weighted by Crippen LogP contribution is 2.56. The van der Waals surface area contributed by atoms with Crippen LogP contribution in [0, 0.1) is 11.3 Å². The molecule has 0 unspecified atom stereocenters. The number of hydrogen-bond acceptors (Lipinski definition) is 3. The first-order valence-electron chi connectivity index (χ1n) is 8.18. The Balaban J connectivity index is 1.52. The summed E-state index contributed by atoms with van der Waals surface area (Å²) in [6.45, 7) is 5.63. The van der Waals surface area contributed by atoms with Gasteiger partial charge < -0.3 is 4.74 Å². The SMILES string of the molecule is CCOC(=O)C1(C2CCN(Cc3ccccc3)CC2)CC1. The standard InChI is InChI=1S/C18H25NO2/c1-2-21-17(20)18(10-11-18)16-8-12-19(13-9-16)14-15-6-4-3-5-7-15/h3-7,16H,2,8-14H2,1H3. The Morgan fingerprint density at radius 2 is 1.90 bits per heavy atom. The van der Waals surface area contributed by atoms with E-state index in [9.17, 15) is 4.79 Å². The molecule has 3 nitrogen and oxygen atoms in total. The van der Waals surface area contributed by atoms with Gasteiger partial charge in [0.15, 0.2) is 0 Å². The molecule has 2 aliphatic rings. The fourth-order valence-corrected chi connectivity index (χ4v) is 3.67. The molecule has 2 fully saturated rings. The molecule has 3 rings (SSSR count). The smallest absolute Gasteiger partial charge is 0.312 e. The number of ether oxygens (including phenoxy) is 1. The molecule has 114 valence electrons. The summed E-state index contributed by atoms with van der Waals surface area (Å²) in [7, 11) is 0. The van der Waals surface area contributed by atoms with E-state index in [0.29, 0.717) is 12.5 Å². The molecule has 0 spiro atoms. The van der Waals surface area contributed by atoms with Crippen molar-refractivity contribution in [2.45, 2.75) is 39.2 Å². The largest absolute Gasteiger partial charge is 0.466 e. The van der Waals surface area contributed by atoms with Gasteiger partial charge in [-0.1, -0.05) is 30.3 Å². The van der Waals surface area contributed by atoms with E-state index in [0.717, 1.165) is 45.3 Å². The molecule has 1 aliphatic carbocycles. The first-order valence-corrected chi connectivity index (χ1v) is 8.18. The zero-order valence-corrected chi connectivity index (χ0v) is 12.9. The molecule has 0 bridgehead atoms. The van der Waals surface area contributed by atoms with Crippen LogP contribution in [-0.2, 0) is 16.1 Å². The van der Waals surface area contributed by atoms with Crippen molar-refractivity contribution in [3.63, 3.8) is 0 Å². The molecule has 1 saturated carbocycles. The van der Waals surface area contributed by atoms with Crippen LogP contribution < -0.4 is 0 Å². The minimum absolute atomic E-state index is 0.0616. The second-order valence-electron chi connectivity index (χ2n) is 6.41.